The molecule has 0 aliphatic carbocycles. The lowest BCUT2D eigenvalue weighted by atomic mass is 10.0. The molecule has 0 atom stereocenters. The van der Waals surface area contributed by atoms with Crippen molar-refractivity contribution in [1.29, 1.82) is 0 Å². The van der Waals surface area contributed by atoms with Crippen molar-refractivity contribution in [3.63, 3.8) is 0 Å². The van der Waals surface area contributed by atoms with Crippen LogP contribution >= 0.6 is 0 Å². The number of aliphatic carboxylic acids is 1. The Morgan fingerprint density at radius 1 is 1.12 bits per heavy atom. The first kappa shape index (κ1) is 10.2. The van der Waals surface area contributed by atoms with Gasteiger partial charge < -0.3 is 10.8 Å². The van der Waals surface area contributed by atoms with Crippen molar-refractivity contribution in [2.24, 2.45) is 0 Å². The standard InChI is InChI=1S/C13H11NO2/c14-12-7-5-9(6-8-13(15)16)10-3-1-2-4-11(10)12/h1-8H,14H2,(H,15,16)/b8-6+. The highest BCUT2D eigenvalue weighted by Crippen LogP contribution is 2.25. The highest BCUT2D eigenvalue weighted by Gasteiger charge is 2.01. The lowest BCUT2D eigenvalue weighted by molar-refractivity contribution is -0.131. The Morgan fingerprint density at radius 2 is 1.81 bits per heavy atom. The predicted octanol–water partition coefficient (Wildman–Crippen LogP) is 2.52. The number of fused-ring (bicyclic) bond motifs is 1. The summed E-state index contributed by atoms with van der Waals surface area (Å²) in [5.41, 5.74) is 7.39. The Hall–Kier alpha value is -2.29. The van der Waals surface area contributed by atoms with Crippen molar-refractivity contribution >= 4 is 28.5 Å². The van der Waals surface area contributed by atoms with E-state index in [1.165, 1.54) is 0 Å². The monoisotopic (exact) mass is 213 g/mol. The molecule has 0 heterocycles. The normalized spacial score (nSPS) is 11.0. The summed E-state index contributed by atoms with van der Waals surface area (Å²) in [6, 6.07) is 11.3. The van der Waals surface area contributed by atoms with E-state index < -0.39 is 5.97 Å². The first-order chi connectivity index (χ1) is 7.68. The van der Waals surface area contributed by atoms with E-state index in [0.717, 1.165) is 22.4 Å². The number of hydrogen-bond acceptors (Lipinski definition) is 2. The first-order valence-corrected chi connectivity index (χ1v) is 4.87. The van der Waals surface area contributed by atoms with Crippen molar-refractivity contribution in [2.75, 3.05) is 5.73 Å². The van der Waals surface area contributed by atoms with E-state index in [0.29, 0.717) is 5.69 Å². The van der Waals surface area contributed by atoms with Crippen LogP contribution in [0.5, 0.6) is 0 Å². The molecule has 3 nitrogen and oxygen atoms in total. The van der Waals surface area contributed by atoms with Crippen molar-refractivity contribution in [3.05, 3.63) is 48.0 Å². The Morgan fingerprint density at radius 3 is 2.50 bits per heavy atom. The van der Waals surface area contributed by atoms with Crippen LogP contribution in [0.4, 0.5) is 5.69 Å². The topological polar surface area (TPSA) is 63.3 Å². The van der Waals surface area contributed by atoms with E-state index in [2.05, 4.69) is 0 Å². The van der Waals surface area contributed by atoms with Crippen molar-refractivity contribution in [3.8, 4) is 0 Å². The molecule has 0 unspecified atom stereocenters. The lowest BCUT2D eigenvalue weighted by Crippen LogP contribution is -1.89. The molecule has 0 fully saturated rings. The number of rotatable bonds is 2. The fourth-order valence-electron chi connectivity index (χ4n) is 1.65. The largest absolute Gasteiger partial charge is 0.478 e. The van der Waals surface area contributed by atoms with Gasteiger partial charge in [0, 0.05) is 17.1 Å². The maximum Gasteiger partial charge on any atom is 0.328 e. The number of nitrogen functional groups attached to an aromatic ring is 1. The molecule has 0 aliphatic rings. The summed E-state index contributed by atoms with van der Waals surface area (Å²) in [4.78, 5) is 10.5. The van der Waals surface area contributed by atoms with Gasteiger partial charge in [-0.3, -0.25) is 0 Å². The van der Waals surface area contributed by atoms with Crippen molar-refractivity contribution in [1.82, 2.24) is 0 Å². The van der Waals surface area contributed by atoms with E-state index in [1.54, 1.807) is 12.1 Å². The summed E-state index contributed by atoms with van der Waals surface area (Å²) in [6.45, 7) is 0. The van der Waals surface area contributed by atoms with Crippen LogP contribution in [0.1, 0.15) is 5.56 Å². The number of hydrogen-bond donors (Lipinski definition) is 2. The number of nitrogens with two attached hydrogens (primary N) is 1. The molecule has 80 valence electrons. The average Bonchev–Trinajstić information content (AvgIpc) is 2.28. The zero-order valence-corrected chi connectivity index (χ0v) is 8.55. The molecule has 3 heteroatoms. The van der Waals surface area contributed by atoms with Gasteiger partial charge in [-0.15, -0.1) is 0 Å². The van der Waals surface area contributed by atoms with E-state index >= 15 is 0 Å². The fraction of sp³-hybridized carbons (Fsp3) is 0. The molecule has 16 heavy (non-hydrogen) atoms. The molecule has 0 spiro atoms. The Bertz CT molecular complexity index is 573. The van der Waals surface area contributed by atoms with Gasteiger partial charge in [0.2, 0.25) is 0 Å². The minimum atomic E-state index is -0.957. The molecule has 0 saturated carbocycles. The van der Waals surface area contributed by atoms with Gasteiger partial charge in [0.05, 0.1) is 0 Å². The van der Waals surface area contributed by atoms with Gasteiger partial charge >= 0.3 is 5.97 Å². The second-order valence-corrected chi connectivity index (χ2v) is 3.46. The van der Waals surface area contributed by atoms with E-state index in [4.69, 9.17) is 10.8 Å². The highest BCUT2D eigenvalue weighted by molar-refractivity contribution is 5.99. The summed E-state index contributed by atoms with van der Waals surface area (Å²) in [6.07, 6.45) is 2.70. The molecular weight excluding hydrogens is 202 g/mol. The third-order valence-electron chi connectivity index (χ3n) is 2.40. The van der Waals surface area contributed by atoms with Crippen LogP contribution in [0.15, 0.2) is 42.5 Å². The van der Waals surface area contributed by atoms with Gasteiger partial charge in [-0.2, -0.15) is 0 Å². The first-order valence-electron chi connectivity index (χ1n) is 4.87. The molecule has 0 aromatic heterocycles. The Labute approximate surface area is 92.8 Å². The van der Waals surface area contributed by atoms with E-state index in [-0.39, 0.29) is 0 Å². The van der Waals surface area contributed by atoms with Crippen molar-refractivity contribution in [2.45, 2.75) is 0 Å². The van der Waals surface area contributed by atoms with E-state index in [9.17, 15) is 4.79 Å². The third kappa shape index (κ3) is 1.88. The number of carbonyl (C=O) groups is 1. The average molecular weight is 213 g/mol. The molecule has 0 aliphatic heterocycles. The highest BCUT2D eigenvalue weighted by atomic mass is 16.4. The minimum Gasteiger partial charge on any atom is -0.478 e. The number of carboxylic acid groups (broad SMARTS) is 1. The molecule has 2 aromatic rings. The predicted molar refractivity (Wildman–Crippen MR) is 65.0 cm³/mol. The summed E-state index contributed by atoms with van der Waals surface area (Å²) < 4.78 is 0. The van der Waals surface area contributed by atoms with Crippen LogP contribution < -0.4 is 5.73 Å². The van der Waals surface area contributed by atoms with E-state index in [1.807, 2.05) is 30.3 Å². The van der Waals surface area contributed by atoms with Gasteiger partial charge in [-0.05, 0) is 23.1 Å². The maximum atomic E-state index is 10.5. The quantitative estimate of drug-likeness (QED) is 0.595. The van der Waals surface area contributed by atoms with Gasteiger partial charge in [0.15, 0.2) is 0 Å². The van der Waals surface area contributed by atoms with Crippen molar-refractivity contribution < 1.29 is 9.90 Å². The lowest BCUT2D eigenvalue weighted by Gasteiger charge is -2.04. The van der Waals surface area contributed by atoms with Gasteiger partial charge in [-0.25, -0.2) is 4.79 Å². The third-order valence-corrected chi connectivity index (χ3v) is 2.40. The SMILES string of the molecule is Nc1ccc(/C=C/C(=O)O)c2ccccc12. The summed E-state index contributed by atoms with van der Waals surface area (Å²) in [5.74, 6) is -0.957. The van der Waals surface area contributed by atoms with Gasteiger partial charge in [-0.1, -0.05) is 30.3 Å². The molecule has 0 bridgehead atoms. The maximum absolute atomic E-state index is 10.5. The minimum absolute atomic E-state index is 0.697. The van der Waals surface area contributed by atoms with Crippen LogP contribution in [-0.4, -0.2) is 11.1 Å². The smallest absolute Gasteiger partial charge is 0.328 e. The molecule has 2 rings (SSSR count). The molecule has 0 amide bonds. The Balaban J connectivity index is 2.63. The molecular formula is C13H11NO2. The number of benzene rings is 2. The Kier molecular flexibility index (Phi) is 2.60. The molecule has 0 saturated heterocycles. The van der Waals surface area contributed by atoms with Crippen LogP contribution in [0.25, 0.3) is 16.8 Å². The van der Waals surface area contributed by atoms with Crippen LogP contribution in [-0.2, 0) is 4.79 Å². The zero-order chi connectivity index (χ0) is 11.5. The number of anilines is 1. The second kappa shape index (κ2) is 4.06. The molecule has 3 N–H and O–H groups in total. The van der Waals surface area contributed by atoms with Gasteiger partial charge in [0.1, 0.15) is 0 Å². The van der Waals surface area contributed by atoms with Crippen LogP contribution in [0.2, 0.25) is 0 Å². The fourth-order valence-corrected chi connectivity index (χ4v) is 1.65. The zero-order valence-electron chi connectivity index (χ0n) is 8.55. The number of carboxylic acids is 1. The summed E-state index contributed by atoms with van der Waals surface area (Å²) in [7, 11) is 0. The van der Waals surface area contributed by atoms with Crippen LogP contribution in [0.3, 0.4) is 0 Å². The van der Waals surface area contributed by atoms with Crippen LogP contribution in [0, 0.1) is 0 Å². The molecule has 0 radical (unpaired) electrons. The second-order valence-electron chi connectivity index (χ2n) is 3.46. The van der Waals surface area contributed by atoms with Gasteiger partial charge in [0.25, 0.3) is 0 Å². The summed E-state index contributed by atoms with van der Waals surface area (Å²) in [5, 5.41) is 10.5. The summed E-state index contributed by atoms with van der Waals surface area (Å²) >= 11 is 0. The molecule has 2 aromatic carbocycles.